The summed E-state index contributed by atoms with van der Waals surface area (Å²) in [5.74, 6) is 0.498. The molecule has 4 heterocycles. The molecule has 1 amide bonds. The summed E-state index contributed by atoms with van der Waals surface area (Å²) in [5.41, 5.74) is 2.50. The Balaban J connectivity index is 1.12. The molecule has 6 aromatic rings. The molecular formula is C40H39F2N7O4. The molecule has 0 unspecified atom stereocenters. The fourth-order valence-corrected chi connectivity index (χ4v) is 6.24. The maximum absolute atomic E-state index is 15.7. The van der Waals surface area contributed by atoms with Gasteiger partial charge in [0.1, 0.15) is 28.5 Å². The summed E-state index contributed by atoms with van der Waals surface area (Å²) < 4.78 is 48.8. The molecule has 7 rings (SSSR count). The number of aromatic nitrogens is 4. The molecule has 1 saturated heterocycles. The lowest BCUT2D eigenvalue weighted by molar-refractivity contribution is 0.102. The van der Waals surface area contributed by atoms with Crippen LogP contribution in [0.4, 0.5) is 26.0 Å². The summed E-state index contributed by atoms with van der Waals surface area (Å²) in [6.45, 7) is 6.18. The largest absolute Gasteiger partial charge is 0.497 e. The summed E-state index contributed by atoms with van der Waals surface area (Å²) in [6, 6.07) is 22.4. The van der Waals surface area contributed by atoms with Crippen LogP contribution in [0.25, 0.3) is 11.0 Å². The number of anilines is 3. The van der Waals surface area contributed by atoms with Crippen molar-refractivity contribution in [2.75, 3.05) is 44.0 Å². The summed E-state index contributed by atoms with van der Waals surface area (Å²) in [7, 11) is 1.63. The predicted molar refractivity (Wildman–Crippen MR) is 198 cm³/mol. The van der Waals surface area contributed by atoms with Gasteiger partial charge in [-0.15, -0.1) is 5.10 Å². The highest BCUT2D eigenvalue weighted by molar-refractivity contribution is 6.07. The summed E-state index contributed by atoms with van der Waals surface area (Å²) in [5, 5.41) is 11.1. The van der Waals surface area contributed by atoms with E-state index in [9.17, 15) is 9.18 Å². The number of carbonyl (C=O) groups excluding carboxylic acids is 1. The normalized spacial score (nSPS) is 13.5. The number of amides is 1. The van der Waals surface area contributed by atoms with Crippen LogP contribution in [0.2, 0.25) is 0 Å². The first kappa shape index (κ1) is 35.3. The number of hydrogen-bond donors (Lipinski definition) is 2. The number of pyridine rings is 2. The van der Waals surface area contributed by atoms with E-state index in [0.717, 1.165) is 43.8 Å². The van der Waals surface area contributed by atoms with E-state index in [0.29, 0.717) is 53.1 Å². The monoisotopic (exact) mass is 719 g/mol. The average molecular weight is 720 g/mol. The second-order valence-electron chi connectivity index (χ2n) is 12.7. The lowest BCUT2D eigenvalue weighted by Crippen LogP contribution is -2.35. The van der Waals surface area contributed by atoms with E-state index < -0.39 is 17.5 Å². The van der Waals surface area contributed by atoms with Gasteiger partial charge in [0.15, 0.2) is 17.2 Å². The Labute approximate surface area is 305 Å². The molecule has 53 heavy (non-hydrogen) atoms. The zero-order chi connectivity index (χ0) is 36.7. The van der Waals surface area contributed by atoms with Gasteiger partial charge in [0, 0.05) is 35.9 Å². The maximum Gasteiger partial charge on any atom is 0.259 e. The minimum absolute atomic E-state index is 0.0286. The van der Waals surface area contributed by atoms with E-state index in [1.54, 1.807) is 42.3 Å². The molecule has 3 aromatic heterocycles. The van der Waals surface area contributed by atoms with Gasteiger partial charge in [-0.25, -0.2) is 23.4 Å². The quantitative estimate of drug-likeness (QED) is 0.122. The van der Waals surface area contributed by atoms with Crippen molar-refractivity contribution < 1.29 is 27.8 Å². The first-order valence-electron chi connectivity index (χ1n) is 17.5. The third-order valence-corrected chi connectivity index (χ3v) is 9.23. The van der Waals surface area contributed by atoms with Gasteiger partial charge in [0.2, 0.25) is 5.88 Å². The molecule has 0 saturated carbocycles. The molecule has 3 aromatic carbocycles. The number of nitrogens with zero attached hydrogens (tertiary/aromatic N) is 5. The SMILES string of the molecule is CCN1CCC(COc2nn(Cc3ccc(OC)cc3)c3nccc(Oc4ccc(Nc5ncccc5C(=O)Nc5ccc(F)cc5)cc4F)c23)CC1. The molecule has 13 heteroatoms. The molecule has 0 aliphatic carbocycles. The van der Waals surface area contributed by atoms with Crippen molar-refractivity contribution in [2.45, 2.75) is 26.3 Å². The Morgan fingerprint density at radius 3 is 2.42 bits per heavy atom. The summed E-state index contributed by atoms with van der Waals surface area (Å²) >= 11 is 0. The Bertz CT molecular complexity index is 2190. The van der Waals surface area contributed by atoms with Gasteiger partial charge in [0.05, 0.1) is 25.8 Å². The number of halogens is 2. The summed E-state index contributed by atoms with van der Waals surface area (Å²) in [4.78, 5) is 24.4. The maximum atomic E-state index is 15.7. The van der Waals surface area contributed by atoms with Crippen molar-refractivity contribution in [1.29, 1.82) is 0 Å². The fraction of sp³-hybridized carbons (Fsp3) is 0.250. The average Bonchev–Trinajstić information content (AvgIpc) is 3.54. The third-order valence-electron chi connectivity index (χ3n) is 9.23. The number of hydrogen-bond acceptors (Lipinski definition) is 9. The fourth-order valence-electron chi connectivity index (χ4n) is 6.24. The lowest BCUT2D eigenvalue weighted by atomic mass is 9.98. The van der Waals surface area contributed by atoms with Gasteiger partial charge in [-0.05, 0) is 105 Å². The van der Waals surface area contributed by atoms with Gasteiger partial charge in [0.25, 0.3) is 5.91 Å². The Kier molecular flexibility index (Phi) is 10.7. The van der Waals surface area contributed by atoms with Crippen molar-refractivity contribution in [1.82, 2.24) is 24.6 Å². The van der Waals surface area contributed by atoms with Crippen LogP contribution < -0.4 is 24.8 Å². The first-order chi connectivity index (χ1) is 25.9. The number of nitrogens with one attached hydrogen (secondary N) is 2. The minimum Gasteiger partial charge on any atom is -0.497 e. The van der Waals surface area contributed by atoms with E-state index in [2.05, 4.69) is 32.4 Å². The Hall–Kier alpha value is -6.08. The van der Waals surface area contributed by atoms with Gasteiger partial charge in [-0.3, -0.25) is 4.79 Å². The van der Waals surface area contributed by atoms with Crippen molar-refractivity contribution >= 4 is 34.1 Å². The Morgan fingerprint density at radius 1 is 0.906 bits per heavy atom. The molecular weight excluding hydrogens is 680 g/mol. The highest BCUT2D eigenvalue weighted by Gasteiger charge is 2.23. The zero-order valence-corrected chi connectivity index (χ0v) is 29.4. The van der Waals surface area contributed by atoms with Crippen molar-refractivity contribution in [3.8, 4) is 23.1 Å². The second-order valence-corrected chi connectivity index (χ2v) is 12.7. The minimum atomic E-state index is -0.649. The summed E-state index contributed by atoms with van der Waals surface area (Å²) in [6.07, 6.45) is 5.18. The molecule has 0 atom stereocenters. The molecule has 2 N–H and O–H groups in total. The van der Waals surface area contributed by atoms with Crippen LogP contribution in [0, 0.1) is 17.6 Å². The van der Waals surface area contributed by atoms with Crippen LogP contribution in [-0.2, 0) is 6.54 Å². The number of likely N-dealkylation sites (tertiary alicyclic amines) is 1. The van der Waals surface area contributed by atoms with Crippen LogP contribution in [0.3, 0.4) is 0 Å². The van der Waals surface area contributed by atoms with Crippen LogP contribution >= 0.6 is 0 Å². The number of methoxy groups -OCH3 is 1. The molecule has 0 bridgehead atoms. The molecule has 1 aliphatic heterocycles. The first-order valence-corrected chi connectivity index (χ1v) is 17.5. The van der Waals surface area contributed by atoms with Crippen molar-refractivity contribution in [3.63, 3.8) is 0 Å². The number of rotatable bonds is 13. The number of piperidine rings is 1. The highest BCUT2D eigenvalue weighted by Crippen LogP contribution is 2.37. The van der Waals surface area contributed by atoms with Gasteiger partial charge < -0.3 is 29.7 Å². The predicted octanol–water partition coefficient (Wildman–Crippen LogP) is 8.06. The van der Waals surface area contributed by atoms with Gasteiger partial charge in [-0.1, -0.05) is 19.1 Å². The van der Waals surface area contributed by atoms with E-state index in [1.165, 1.54) is 42.6 Å². The van der Waals surface area contributed by atoms with E-state index in [1.807, 2.05) is 24.3 Å². The third kappa shape index (κ3) is 8.36. The lowest BCUT2D eigenvalue weighted by Gasteiger charge is -2.30. The topological polar surface area (TPSA) is 116 Å². The van der Waals surface area contributed by atoms with Crippen LogP contribution in [0.1, 0.15) is 35.7 Å². The molecule has 0 radical (unpaired) electrons. The molecule has 272 valence electrons. The van der Waals surface area contributed by atoms with E-state index >= 15 is 4.39 Å². The molecule has 11 nitrogen and oxygen atoms in total. The van der Waals surface area contributed by atoms with Crippen molar-refractivity contribution in [3.05, 3.63) is 120 Å². The molecule has 1 aliphatic rings. The number of ether oxygens (including phenoxy) is 3. The van der Waals surface area contributed by atoms with E-state index in [4.69, 9.17) is 19.3 Å². The number of fused-ring (bicyclic) bond motifs is 1. The molecule has 0 spiro atoms. The second kappa shape index (κ2) is 16.1. The van der Waals surface area contributed by atoms with Gasteiger partial charge >= 0.3 is 0 Å². The van der Waals surface area contributed by atoms with Crippen LogP contribution in [-0.4, -0.2) is 63.9 Å². The standard InChI is InChI=1S/C40H39F2N7O4/c1-3-48-21-17-27(18-22-48)25-52-40-36-35(16-20-44-38(36)49(47-40)24-26-6-13-31(51-2)14-7-26)53-34-15-12-30(23-33(34)42)45-37-32(5-4-19-43-37)39(50)46-29-10-8-28(41)9-11-29/h4-16,19-20,23,27H,3,17-18,21-22,24-25H2,1-2H3,(H,43,45)(H,46,50). The highest BCUT2D eigenvalue weighted by atomic mass is 19.1. The van der Waals surface area contributed by atoms with Gasteiger partial charge in [-0.2, -0.15) is 0 Å². The molecule has 1 fully saturated rings. The zero-order valence-electron chi connectivity index (χ0n) is 29.4. The van der Waals surface area contributed by atoms with Crippen molar-refractivity contribution in [2.24, 2.45) is 5.92 Å². The van der Waals surface area contributed by atoms with E-state index in [-0.39, 0.29) is 17.1 Å². The Morgan fingerprint density at radius 2 is 1.68 bits per heavy atom. The smallest absolute Gasteiger partial charge is 0.259 e. The van der Waals surface area contributed by atoms with Crippen LogP contribution in [0.15, 0.2) is 97.3 Å². The van der Waals surface area contributed by atoms with Crippen LogP contribution in [0.5, 0.6) is 23.1 Å². The number of benzene rings is 3. The number of carbonyl (C=O) groups is 1.